The van der Waals surface area contributed by atoms with Gasteiger partial charge in [-0.25, -0.2) is 19.9 Å². The van der Waals surface area contributed by atoms with Crippen LogP contribution < -0.4 is 0 Å². The Kier molecular flexibility index (Phi) is 6.46. The maximum absolute atomic E-state index is 6.39. The highest BCUT2D eigenvalue weighted by molar-refractivity contribution is 6.25. The average molecular weight is 742 g/mol. The van der Waals surface area contributed by atoms with Crippen LogP contribution in [-0.2, 0) is 6.42 Å². The molecule has 0 spiro atoms. The minimum Gasteiger partial charge on any atom is -0.456 e. The van der Waals surface area contributed by atoms with Gasteiger partial charge in [-0.2, -0.15) is 0 Å². The first-order valence-corrected chi connectivity index (χ1v) is 19.8. The van der Waals surface area contributed by atoms with Crippen LogP contribution in [0.5, 0.6) is 0 Å². The first-order chi connectivity index (χ1) is 28.7. The third-order valence-corrected chi connectivity index (χ3v) is 12.1. The fraction of sp³-hybridized carbons (Fsp3) is 0.0385. The Morgan fingerprint density at radius 3 is 1.83 bits per heavy atom. The lowest BCUT2D eigenvalue weighted by molar-refractivity contribution is 0.595. The van der Waals surface area contributed by atoms with Crippen LogP contribution in [-0.4, -0.2) is 24.3 Å². The van der Waals surface area contributed by atoms with E-state index >= 15 is 0 Å². The Bertz CT molecular complexity index is 3730. The van der Waals surface area contributed by atoms with Crippen LogP contribution in [0.4, 0.5) is 0 Å². The predicted octanol–water partition coefficient (Wildman–Crippen LogP) is 13.1. The van der Waals surface area contributed by atoms with Gasteiger partial charge in [0.1, 0.15) is 17.0 Å². The Labute approximate surface area is 331 Å². The summed E-state index contributed by atoms with van der Waals surface area (Å²) in [5.74, 6) is 2.76. The molecule has 58 heavy (non-hydrogen) atoms. The van der Waals surface area contributed by atoms with Gasteiger partial charge in [0.25, 0.3) is 0 Å². The monoisotopic (exact) mass is 741 g/mol. The number of nitrogens with zero attached hydrogens (tertiary/aromatic N) is 5. The molecule has 6 heteroatoms. The van der Waals surface area contributed by atoms with Crippen molar-refractivity contribution in [2.24, 2.45) is 0 Å². The summed E-state index contributed by atoms with van der Waals surface area (Å²) in [5, 5.41) is 11.7. The topological polar surface area (TPSA) is 69.1 Å². The molecule has 1 aliphatic rings. The average Bonchev–Trinajstić information content (AvgIpc) is 3.88. The number of hydrogen-bond acceptors (Lipinski definition) is 5. The number of rotatable bonds is 3. The quantitative estimate of drug-likeness (QED) is 0.169. The van der Waals surface area contributed by atoms with Crippen LogP contribution >= 0.6 is 0 Å². The summed E-state index contributed by atoms with van der Waals surface area (Å²) in [6.45, 7) is 0. The molecule has 0 saturated heterocycles. The van der Waals surface area contributed by atoms with Gasteiger partial charge in [-0.05, 0) is 99.1 Å². The normalized spacial score (nSPS) is 13.0. The van der Waals surface area contributed by atoms with Crippen molar-refractivity contribution in [3.8, 4) is 34.2 Å². The van der Waals surface area contributed by atoms with E-state index in [1.165, 1.54) is 37.9 Å². The number of para-hydroxylation sites is 2. The van der Waals surface area contributed by atoms with Crippen molar-refractivity contribution < 1.29 is 4.42 Å². The zero-order valence-electron chi connectivity index (χ0n) is 31.1. The minimum atomic E-state index is 0.610. The molecule has 4 aromatic heterocycles. The van der Waals surface area contributed by atoms with Crippen LogP contribution in [0.2, 0.25) is 0 Å². The van der Waals surface area contributed by atoms with E-state index in [-0.39, 0.29) is 0 Å². The minimum absolute atomic E-state index is 0.610. The molecule has 0 saturated carbocycles. The Morgan fingerprint density at radius 1 is 0.466 bits per heavy atom. The van der Waals surface area contributed by atoms with E-state index in [4.69, 9.17) is 24.4 Å². The second kappa shape index (κ2) is 11.9. The molecule has 0 amide bonds. The number of furan rings is 1. The van der Waals surface area contributed by atoms with E-state index < -0.39 is 0 Å². The van der Waals surface area contributed by atoms with E-state index in [9.17, 15) is 0 Å². The third-order valence-electron chi connectivity index (χ3n) is 12.1. The van der Waals surface area contributed by atoms with E-state index in [0.717, 1.165) is 84.6 Å². The van der Waals surface area contributed by atoms with Gasteiger partial charge < -0.3 is 4.42 Å². The van der Waals surface area contributed by atoms with Crippen molar-refractivity contribution in [1.82, 2.24) is 24.3 Å². The maximum Gasteiger partial charge on any atom is 0.164 e. The summed E-state index contributed by atoms with van der Waals surface area (Å²) >= 11 is 0. The fourth-order valence-corrected chi connectivity index (χ4v) is 9.47. The van der Waals surface area contributed by atoms with E-state index in [2.05, 4.69) is 150 Å². The molecule has 12 aromatic rings. The fourth-order valence-electron chi connectivity index (χ4n) is 9.47. The highest BCUT2D eigenvalue weighted by Crippen LogP contribution is 2.41. The second-order valence-electron chi connectivity index (χ2n) is 15.3. The van der Waals surface area contributed by atoms with Crippen LogP contribution in [0.25, 0.3) is 122 Å². The molecular formula is C52H31N5O. The predicted molar refractivity (Wildman–Crippen MR) is 237 cm³/mol. The molecule has 4 heterocycles. The van der Waals surface area contributed by atoms with Crippen molar-refractivity contribution in [1.29, 1.82) is 0 Å². The van der Waals surface area contributed by atoms with Crippen molar-refractivity contribution in [3.05, 3.63) is 169 Å². The van der Waals surface area contributed by atoms with Crippen LogP contribution in [0, 0.1) is 0 Å². The summed E-state index contributed by atoms with van der Waals surface area (Å²) in [6, 6.07) is 53.6. The summed E-state index contributed by atoms with van der Waals surface area (Å²) < 4.78 is 8.67. The zero-order valence-corrected chi connectivity index (χ0v) is 31.1. The van der Waals surface area contributed by atoms with Crippen LogP contribution in [0.1, 0.15) is 17.7 Å². The van der Waals surface area contributed by atoms with Gasteiger partial charge in [-0.15, -0.1) is 0 Å². The van der Waals surface area contributed by atoms with Crippen LogP contribution in [0.15, 0.2) is 162 Å². The van der Waals surface area contributed by atoms with E-state index in [1.807, 2.05) is 18.2 Å². The standard InChI is InChI=1S/C52H31N5O/c1-2-14-34-32(12-1)33-13-3-4-15-35(33)41-28-30(24-26-37(34)41)49-54-50(56-51(55-49)40-19-11-23-47-48(40)39-18-7-10-22-46(39)58-47)31-25-27-44-42(29-31)36-16-5-6-17-38(36)52-53-43-20-8-9-21-45(43)57(44)52/h1-6,8-17,19-29H,7,18H2. The van der Waals surface area contributed by atoms with Gasteiger partial charge in [0.05, 0.1) is 16.6 Å². The Morgan fingerprint density at radius 2 is 1.07 bits per heavy atom. The zero-order chi connectivity index (χ0) is 37.9. The first kappa shape index (κ1) is 31.5. The molecule has 270 valence electrons. The van der Waals surface area contributed by atoms with E-state index in [1.54, 1.807) is 0 Å². The highest BCUT2D eigenvalue weighted by Gasteiger charge is 2.22. The SMILES string of the molecule is C1=Cc2oc3cccc(-c4nc(-c5ccc6c7ccccc7c7ccccc7c6c5)nc(-c5ccc6c(c5)c5ccccc5c5nc7ccccc7n65)n4)c3c2CC1. The van der Waals surface area contributed by atoms with Crippen LogP contribution in [0.3, 0.4) is 0 Å². The molecule has 13 rings (SSSR count). The first-order valence-electron chi connectivity index (χ1n) is 19.8. The number of pyridine rings is 1. The number of aromatic nitrogens is 5. The number of aryl methyl sites for hydroxylation is 1. The number of benzene rings is 8. The number of hydrogen-bond donors (Lipinski definition) is 0. The molecule has 0 aliphatic heterocycles. The molecular weight excluding hydrogens is 711 g/mol. The summed E-state index contributed by atoms with van der Waals surface area (Å²) in [5.41, 5.74) is 8.91. The largest absolute Gasteiger partial charge is 0.456 e. The molecule has 0 unspecified atom stereocenters. The maximum atomic E-state index is 6.39. The molecule has 8 aromatic carbocycles. The molecule has 0 fully saturated rings. The van der Waals surface area contributed by atoms with Crippen molar-refractivity contribution in [2.75, 3.05) is 0 Å². The molecule has 0 atom stereocenters. The lowest BCUT2D eigenvalue weighted by Gasteiger charge is -2.14. The number of fused-ring (bicyclic) bond motifs is 17. The molecule has 0 bridgehead atoms. The van der Waals surface area contributed by atoms with Crippen molar-refractivity contribution in [2.45, 2.75) is 12.8 Å². The molecule has 0 radical (unpaired) electrons. The highest BCUT2D eigenvalue weighted by atomic mass is 16.3. The number of allylic oxidation sites excluding steroid dienone is 1. The molecule has 1 aliphatic carbocycles. The summed E-state index contributed by atoms with van der Waals surface area (Å²) in [7, 11) is 0. The lowest BCUT2D eigenvalue weighted by atomic mass is 9.93. The number of imidazole rings is 1. The van der Waals surface area contributed by atoms with Gasteiger partial charge in [0.15, 0.2) is 17.5 Å². The summed E-state index contributed by atoms with van der Waals surface area (Å²) in [4.78, 5) is 21.0. The van der Waals surface area contributed by atoms with Gasteiger partial charge in [-0.3, -0.25) is 4.40 Å². The lowest BCUT2D eigenvalue weighted by Crippen LogP contribution is -2.01. The Hall–Kier alpha value is -7.70. The third kappa shape index (κ3) is 4.48. The van der Waals surface area contributed by atoms with Gasteiger partial charge in [-0.1, -0.05) is 115 Å². The van der Waals surface area contributed by atoms with Crippen molar-refractivity contribution in [3.63, 3.8) is 0 Å². The van der Waals surface area contributed by atoms with Gasteiger partial charge in [0, 0.05) is 38.4 Å². The summed E-state index contributed by atoms with van der Waals surface area (Å²) in [6.07, 6.45) is 6.14. The Balaban J connectivity index is 1.09. The second-order valence-corrected chi connectivity index (χ2v) is 15.3. The molecule has 6 nitrogen and oxygen atoms in total. The van der Waals surface area contributed by atoms with Gasteiger partial charge in [0.2, 0.25) is 0 Å². The van der Waals surface area contributed by atoms with Crippen molar-refractivity contribution >= 4 is 87.7 Å². The van der Waals surface area contributed by atoms with E-state index in [0.29, 0.717) is 17.5 Å². The molecule has 0 N–H and O–H groups in total. The smallest absolute Gasteiger partial charge is 0.164 e. The van der Waals surface area contributed by atoms with Gasteiger partial charge >= 0.3 is 0 Å².